The summed E-state index contributed by atoms with van der Waals surface area (Å²) in [6, 6.07) is 32.1. The third-order valence-corrected chi connectivity index (χ3v) is 8.46. The third-order valence-electron chi connectivity index (χ3n) is 7.34. The first-order valence-corrected chi connectivity index (χ1v) is 14.0. The van der Waals surface area contributed by atoms with Gasteiger partial charge in [0.15, 0.2) is 5.78 Å². The van der Waals surface area contributed by atoms with Gasteiger partial charge in [0.1, 0.15) is 0 Å². The van der Waals surface area contributed by atoms with Crippen molar-refractivity contribution in [2.75, 3.05) is 0 Å². The Labute approximate surface area is 254 Å². The van der Waals surface area contributed by atoms with Crippen molar-refractivity contribution in [2.24, 2.45) is 0 Å². The molecule has 1 N–H and O–H groups in total. The number of aryl methyl sites for hydroxylation is 1. The number of nitrogens with zero attached hydrogens (tertiary/aromatic N) is 2. The summed E-state index contributed by atoms with van der Waals surface area (Å²) in [5.74, 6) is -0.0625. The molecule has 4 aromatic heterocycles. The van der Waals surface area contributed by atoms with Crippen molar-refractivity contribution in [1.82, 2.24) is 9.38 Å². The minimum Gasteiger partial charge on any atom is -0.512 e. The SMILES string of the molecule is CC(=O)/C=C(/C)O.Cc1ccc(-c2[c-]cc3c(c2)c2c4c(cc5c6ccccc6n3c52)sc2ccccc24)nc1.[Ir]. The van der Waals surface area contributed by atoms with Gasteiger partial charge >= 0.3 is 0 Å². The Kier molecular flexibility index (Phi) is 6.86. The van der Waals surface area contributed by atoms with Crippen LogP contribution in [0.25, 0.3) is 69.5 Å². The Morgan fingerprint density at radius 3 is 2.34 bits per heavy atom. The van der Waals surface area contributed by atoms with E-state index in [-0.39, 0.29) is 31.6 Å². The quantitative estimate of drug-likeness (QED) is 0.110. The number of aliphatic hydroxyl groups excluding tert-OH is 1. The summed E-state index contributed by atoms with van der Waals surface area (Å²) in [6.07, 6.45) is 3.10. The smallest absolute Gasteiger partial charge is 0.155 e. The van der Waals surface area contributed by atoms with E-state index in [0.717, 1.165) is 11.3 Å². The number of hydrogen-bond acceptors (Lipinski definition) is 4. The molecule has 0 saturated heterocycles. The minimum atomic E-state index is -0.125. The van der Waals surface area contributed by atoms with Crippen molar-refractivity contribution in [3.63, 3.8) is 0 Å². The molecule has 6 heteroatoms. The van der Waals surface area contributed by atoms with Crippen LogP contribution in [-0.2, 0) is 24.9 Å². The first-order valence-electron chi connectivity index (χ1n) is 13.2. The van der Waals surface area contributed by atoms with Crippen LogP contribution in [-0.4, -0.2) is 20.3 Å². The van der Waals surface area contributed by atoms with Crippen molar-refractivity contribution >= 4 is 75.4 Å². The molecule has 1 radical (unpaired) electrons. The van der Waals surface area contributed by atoms with Crippen LogP contribution in [0.3, 0.4) is 0 Å². The molecule has 0 fully saturated rings. The van der Waals surface area contributed by atoms with Gasteiger partial charge in [-0.3, -0.25) is 4.79 Å². The fourth-order valence-electron chi connectivity index (χ4n) is 5.78. The van der Waals surface area contributed by atoms with Crippen LogP contribution in [0.15, 0.2) is 96.9 Å². The van der Waals surface area contributed by atoms with Crippen LogP contribution in [0.2, 0.25) is 0 Å². The molecule has 0 atom stereocenters. The number of ketones is 1. The molecule has 0 saturated carbocycles. The molecule has 0 aliphatic heterocycles. The van der Waals surface area contributed by atoms with E-state index in [1.807, 2.05) is 17.5 Å². The number of rotatable bonds is 2. The molecule has 8 aromatic rings. The Morgan fingerprint density at radius 1 is 0.878 bits per heavy atom. The average Bonchev–Trinajstić information content (AvgIpc) is 3.58. The van der Waals surface area contributed by atoms with Crippen molar-refractivity contribution in [2.45, 2.75) is 20.8 Å². The fourth-order valence-corrected chi connectivity index (χ4v) is 6.94. The number of allylic oxidation sites excluding steroid dienone is 2. The largest absolute Gasteiger partial charge is 0.512 e. The van der Waals surface area contributed by atoms with Gasteiger partial charge in [0.2, 0.25) is 0 Å². The maximum atomic E-state index is 10.0. The summed E-state index contributed by atoms with van der Waals surface area (Å²) in [4.78, 5) is 14.7. The fraction of sp³-hybridized carbons (Fsp3) is 0.0857. The normalized spacial score (nSPS) is 11.9. The Balaban J connectivity index is 0.000000340. The Bertz CT molecular complexity index is 2270. The predicted octanol–water partition coefficient (Wildman–Crippen LogP) is 9.41. The van der Waals surface area contributed by atoms with Gasteiger partial charge in [0, 0.05) is 68.8 Å². The van der Waals surface area contributed by atoms with Gasteiger partial charge in [0.05, 0.1) is 11.3 Å². The predicted molar refractivity (Wildman–Crippen MR) is 168 cm³/mol. The van der Waals surface area contributed by atoms with Crippen molar-refractivity contribution in [3.8, 4) is 11.3 Å². The van der Waals surface area contributed by atoms with Crippen molar-refractivity contribution in [1.29, 1.82) is 0 Å². The first kappa shape index (κ1) is 27.1. The van der Waals surface area contributed by atoms with Crippen LogP contribution in [0.4, 0.5) is 0 Å². The van der Waals surface area contributed by atoms with Gasteiger partial charge in [-0.05, 0) is 61.1 Å². The van der Waals surface area contributed by atoms with Crippen LogP contribution < -0.4 is 0 Å². The number of thiophene rings is 1. The second-order valence-electron chi connectivity index (χ2n) is 10.2. The molecule has 0 unspecified atom stereocenters. The number of pyridine rings is 1. The van der Waals surface area contributed by atoms with E-state index >= 15 is 0 Å². The molecule has 0 aliphatic carbocycles. The average molecular weight is 730 g/mol. The molecular weight excluding hydrogens is 705 g/mol. The Hall–Kier alpha value is -4.09. The van der Waals surface area contributed by atoms with Crippen molar-refractivity contribution in [3.05, 3.63) is 109 Å². The van der Waals surface area contributed by atoms with E-state index in [9.17, 15) is 4.79 Å². The summed E-state index contributed by atoms with van der Waals surface area (Å²) >= 11 is 1.89. The number of hydrogen-bond donors (Lipinski definition) is 1. The third kappa shape index (κ3) is 4.40. The van der Waals surface area contributed by atoms with E-state index in [4.69, 9.17) is 5.11 Å². The Morgan fingerprint density at radius 2 is 1.63 bits per heavy atom. The molecule has 0 bridgehead atoms. The zero-order valence-electron chi connectivity index (χ0n) is 22.7. The van der Waals surface area contributed by atoms with Crippen LogP contribution in [0.5, 0.6) is 0 Å². The molecule has 4 heterocycles. The van der Waals surface area contributed by atoms with E-state index in [1.165, 1.54) is 83.8 Å². The van der Waals surface area contributed by atoms with Crippen molar-refractivity contribution < 1.29 is 30.0 Å². The number of aliphatic hydroxyl groups is 1. The number of carbonyl (C=O) groups excluding carboxylic acids is 1. The van der Waals surface area contributed by atoms with Gasteiger partial charge in [-0.1, -0.05) is 53.9 Å². The number of fused-ring (bicyclic) bond motifs is 10. The molecule has 4 aromatic carbocycles. The van der Waals surface area contributed by atoms with Crippen LogP contribution in [0.1, 0.15) is 19.4 Å². The summed E-state index contributed by atoms with van der Waals surface area (Å²) in [7, 11) is 0. The molecule has 0 aliphatic rings. The van der Waals surface area contributed by atoms with Gasteiger partial charge in [-0.25, -0.2) is 0 Å². The molecule has 0 amide bonds. The molecule has 0 spiro atoms. The number of aromatic nitrogens is 2. The van der Waals surface area contributed by atoms with E-state index in [0.29, 0.717) is 0 Å². The second-order valence-corrected chi connectivity index (χ2v) is 11.3. The van der Waals surface area contributed by atoms with Crippen LogP contribution in [0, 0.1) is 13.0 Å². The van der Waals surface area contributed by atoms with Gasteiger partial charge in [0.25, 0.3) is 0 Å². The number of benzene rings is 4. The monoisotopic (exact) mass is 730 g/mol. The van der Waals surface area contributed by atoms with Gasteiger partial charge in [-0.15, -0.1) is 35.1 Å². The summed E-state index contributed by atoms with van der Waals surface area (Å²) in [5, 5.41) is 16.3. The van der Waals surface area contributed by atoms with E-state index in [1.54, 1.807) is 0 Å². The number of para-hydroxylation sites is 1. The molecular formula is C35H25IrN2O2S-. The van der Waals surface area contributed by atoms with E-state index < -0.39 is 0 Å². The zero-order chi connectivity index (χ0) is 27.5. The van der Waals surface area contributed by atoms with Gasteiger partial charge < -0.3 is 14.5 Å². The molecule has 203 valence electrons. The number of carbonyl (C=O) groups is 1. The van der Waals surface area contributed by atoms with Gasteiger partial charge in [-0.2, -0.15) is 0 Å². The maximum Gasteiger partial charge on any atom is 0.155 e. The minimum absolute atomic E-state index is 0. The topological polar surface area (TPSA) is 54.6 Å². The zero-order valence-corrected chi connectivity index (χ0v) is 25.9. The summed E-state index contributed by atoms with van der Waals surface area (Å²) in [6.45, 7) is 4.92. The summed E-state index contributed by atoms with van der Waals surface area (Å²) < 4.78 is 5.12. The molecule has 41 heavy (non-hydrogen) atoms. The van der Waals surface area contributed by atoms with Crippen LogP contribution >= 0.6 is 11.3 Å². The maximum absolute atomic E-state index is 10.0. The second kappa shape index (κ2) is 10.4. The molecule has 4 nitrogen and oxygen atoms in total. The molecule has 8 rings (SSSR count). The van der Waals surface area contributed by atoms with E-state index in [2.05, 4.69) is 101 Å². The summed E-state index contributed by atoms with van der Waals surface area (Å²) in [5.41, 5.74) is 6.93. The first-order chi connectivity index (χ1) is 19.4. The standard InChI is InChI=1S/C30H17N2S.C5H8O2.Ir/c1-17-10-12-23(31-16-17)18-11-13-25-22(14-18)29-28-20-7-3-5-9-26(20)33-27(28)15-21-19-6-2-4-8-24(19)32(25)30(21)29;1-4(6)3-5(2)7;/h2-10,12-16H,1H3;3,6H,1-2H3;/q-1;;/b;4-3-;.